The van der Waals surface area contributed by atoms with Gasteiger partial charge < -0.3 is 23.4 Å². The summed E-state index contributed by atoms with van der Waals surface area (Å²) in [4.78, 5) is 24.3. The van der Waals surface area contributed by atoms with Crippen LogP contribution in [-0.2, 0) is 14.3 Å². The number of hydrogen-bond donors (Lipinski definition) is 0. The maximum atomic E-state index is 12.6. The van der Waals surface area contributed by atoms with Crippen LogP contribution in [0.5, 0.6) is 17.2 Å². The van der Waals surface area contributed by atoms with Crippen LogP contribution in [0.2, 0.25) is 5.02 Å². The summed E-state index contributed by atoms with van der Waals surface area (Å²) in [6.45, 7) is 2.64. The first kappa shape index (κ1) is 20.7. The zero-order valence-corrected chi connectivity index (χ0v) is 16.4. The number of rotatable bonds is 9. The molecule has 0 saturated heterocycles. The third-order valence-corrected chi connectivity index (χ3v) is 4.13. The van der Waals surface area contributed by atoms with Crippen molar-refractivity contribution >= 4 is 28.5 Å². The fraction of sp³-hybridized carbons (Fsp3) is 0.238. The van der Waals surface area contributed by atoms with Gasteiger partial charge in [0, 0.05) is 12.7 Å². The second kappa shape index (κ2) is 9.95. The average molecular weight is 419 g/mol. The van der Waals surface area contributed by atoms with Crippen molar-refractivity contribution in [3.63, 3.8) is 0 Å². The largest absolute Gasteiger partial charge is 0.482 e. The molecular weight excluding hydrogens is 400 g/mol. The first-order valence-electron chi connectivity index (χ1n) is 8.92. The van der Waals surface area contributed by atoms with Crippen LogP contribution in [0.1, 0.15) is 6.92 Å². The number of carbonyl (C=O) groups excluding carboxylic acids is 1. The zero-order valence-electron chi connectivity index (χ0n) is 15.7. The van der Waals surface area contributed by atoms with Gasteiger partial charge in [-0.1, -0.05) is 23.7 Å². The molecule has 0 amide bonds. The number of fused-ring (bicyclic) bond motifs is 1. The maximum absolute atomic E-state index is 12.6. The molecule has 0 aliphatic rings. The predicted octanol–water partition coefficient (Wildman–Crippen LogP) is 4.20. The number of halogens is 1. The van der Waals surface area contributed by atoms with Crippen molar-refractivity contribution in [2.24, 2.45) is 0 Å². The fourth-order valence-corrected chi connectivity index (χ4v) is 2.61. The van der Waals surface area contributed by atoms with E-state index in [-0.39, 0.29) is 24.4 Å². The zero-order chi connectivity index (χ0) is 20.6. The van der Waals surface area contributed by atoms with Gasteiger partial charge in [0.1, 0.15) is 30.0 Å². The molecule has 7 nitrogen and oxygen atoms in total. The summed E-state index contributed by atoms with van der Waals surface area (Å²) >= 11 is 6.05. The van der Waals surface area contributed by atoms with Crippen molar-refractivity contribution in [2.75, 3.05) is 26.4 Å². The van der Waals surface area contributed by atoms with E-state index >= 15 is 0 Å². The van der Waals surface area contributed by atoms with Gasteiger partial charge in [-0.25, -0.2) is 4.79 Å². The lowest BCUT2D eigenvalue weighted by Gasteiger charge is -2.09. The molecule has 0 unspecified atom stereocenters. The summed E-state index contributed by atoms with van der Waals surface area (Å²) in [6.07, 6.45) is 1.21. The highest BCUT2D eigenvalue weighted by molar-refractivity contribution is 6.32. The van der Waals surface area contributed by atoms with Crippen molar-refractivity contribution in [3.05, 3.63) is 64.0 Å². The SMILES string of the molecule is CCOCCOC(=O)COc1ccc2c(=O)c(Oc3ccccc3Cl)coc2c1. The third kappa shape index (κ3) is 5.49. The van der Waals surface area contributed by atoms with E-state index in [1.807, 2.05) is 6.92 Å². The lowest BCUT2D eigenvalue weighted by molar-refractivity contribution is -0.147. The van der Waals surface area contributed by atoms with E-state index in [1.165, 1.54) is 18.4 Å². The van der Waals surface area contributed by atoms with Crippen molar-refractivity contribution in [3.8, 4) is 17.2 Å². The number of esters is 1. The van der Waals surface area contributed by atoms with Crippen LogP contribution in [0.4, 0.5) is 0 Å². The molecule has 152 valence electrons. The average Bonchev–Trinajstić information content (AvgIpc) is 2.73. The topological polar surface area (TPSA) is 84.2 Å². The smallest absolute Gasteiger partial charge is 0.344 e. The van der Waals surface area contributed by atoms with E-state index in [9.17, 15) is 9.59 Å². The Hall–Kier alpha value is -3.03. The minimum atomic E-state index is -0.519. The molecule has 1 aromatic heterocycles. The van der Waals surface area contributed by atoms with E-state index in [1.54, 1.807) is 30.3 Å². The van der Waals surface area contributed by atoms with E-state index in [0.29, 0.717) is 40.7 Å². The first-order chi connectivity index (χ1) is 14.1. The van der Waals surface area contributed by atoms with Crippen LogP contribution in [-0.4, -0.2) is 32.4 Å². The summed E-state index contributed by atoms with van der Waals surface area (Å²) in [5.41, 5.74) is -0.0585. The van der Waals surface area contributed by atoms with E-state index in [0.717, 1.165) is 0 Å². The van der Waals surface area contributed by atoms with Crippen LogP contribution in [0, 0.1) is 0 Å². The third-order valence-electron chi connectivity index (χ3n) is 3.82. The first-order valence-corrected chi connectivity index (χ1v) is 9.30. The van der Waals surface area contributed by atoms with Crippen molar-refractivity contribution < 1.29 is 28.2 Å². The quantitative estimate of drug-likeness (QED) is 0.380. The highest BCUT2D eigenvalue weighted by Gasteiger charge is 2.12. The number of benzene rings is 2. The highest BCUT2D eigenvalue weighted by atomic mass is 35.5. The van der Waals surface area contributed by atoms with Gasteiger partial charge in [0.15, 0.2) is 6.61 Å². The Morgan fingerprint density at radius 1 is 1.10 bits per heavy atom. The molecular formula is C21H19ClO7. The van der Waals surface area contributed by atoms with E-state index in [2.05, 4.69) is 0 Å². The minimum absolute atomic E-state index is 0.0112. The van der Waals surface area contributed by atoms with Gasteiger partial charge in [-0.2, -0.15) is 0 Å². The molecule has 2 aromatic carbocycles. The van der Waals surface area contributed by atoms with Gasteiger partial charge in [-0.15, -0.1) is 0 Å². The molecule has 29 heavy (non-hydrogen) atoms. The summed E-state index contributed by atoms with van der Waals surface area (Å²) < 4.78 is 26.5. The van der Waals surface area contributed by atoms with Gasteiger partial charge in [-0.05, 0) is 31.2 Å². The summed E-state index contributed by atoms with van der Waals surface area (Å²) in [6, 6.07) is 11.4. The molecule has 0 bridgehead atoms. The van der Waals surface area contributed by atoms with Gasteiger partial charge in [0.05, 0.1) is 17.0 Å². The van der Waals surface area contributed by atoms with Crippen LogP contribution >= 0.6 is 11.6 Å². The second-order valence-corrected chi connectivity index (χ2v) is 6.23. The number of ether oxygens (including phenoxy) is 4. The molecule has 8 heteroatoms. The molecule has 0 aliphatic carbocycles. The normalized spacial score (nSPS) is 10.7. The Kier molecular flexibility index (Phi) is 7.10. The number of carbonyl (C=O) groups is 1. The molecule has 0 radical (unpaired) electrons. The molecule has 3 rings (SSSR count). The van der Waals surface area contributed by atoms with Crippen LogP contribution in [0.3, 0.4) is 0 Å². The van der Waals surface area contributed by atoms with Crippen molar-refractivity contribution in [1.82, 2.24) is 0 Å². The number of para-hydroxylation sites is 1. The standard InChI is InChI=1S/C21H19ClO7/c1-2-25-9-10-26-20(23)13-27-14-7-8-15-18(11-14)28-12-19(21(15)24)29-17-6-4-3-5-16(17)22/h3-8,11-12H,2,9-10,13H2,1H3. The lowest BCUT2D eigenvalue weighted by Crippen LogP contribution is -2.17. The molecule has 0 saturated carbocycles. The molecule has 3 aromatic rings. The van der Waals surface area contributed by atoms with Gasteiger partial charge in [0.2, 0.25) is 11.2 Å². The van der Waals surface area contributed by atoms with Gasteiger partial charge in [0.25, 0.3) is 0 Å². The fourth-order valence-electron chi connectivity index (χ4n) is 2.44. The molecule has 1 heterocycles. The van der Waals surface area contributed by atoms with Gasteiger partial charge >= 0.3 is 5.97 Å². The summed E-state index contributed by atoms with van der Waals surface area (Å²) in [7, 11) is 0. The van der Waals surface area contributed by atoms with Crippen LogP contribution < -0.4 is 14.9 Å². The highest BCUT2D eigenvalue weighted by Crippen LogP contribution is 2.28. The Labute approximate surface area is 171 Å². The monoisotopic (exact) mass is 418 g/mol. The minimum Gasteiger partial charge on any atom is -0.482 e. The number of hydrogen-bond acceptors (Lipinski definition) is 7. The molecule has 0 atom stereocenters. The van der Waals surface area contributed by atoms with Crippen LogP contribution in [0.25, 0.3) is 11.0 Å². The van der Waals surface area contributed by atoms with E-state index < -0.39 is 5.97 Å². The molecule has 0 N–H and O–H groups in total. The Bertz CT molecular complexity index is 1040. The Morgan fingerprint density at radius 3 is 2.72 bits per heavy atom. The van der Waals surface area contributed by atoms with Gasteiger partial charge in [-0.3, -0.25) is 4.79 Å². The van der Waals surface area contributed by atoms with Crippen molar-refractivity contribution in [2.45, 2.75) is 6.92 Å². The Balaban J connectivity index is 1.67. The molecule has 0 fully saturated rings. The van der Waals surface area contributed by atoms with Crippen molar-refractivity contribution in [1.29, 1.82) is 0 Å². The summed E-state index contributed by atoms with van der Waals surface area (Å²) in [5.74, 6) is 0.206. The Morgan fingerprint density at radius 2 is 1.93 bits per heavy atom. The molecule has 0 aliphatic heterocycles. The summed E-state index contributed by atoms with van der Waals surface area (Å²) in [5, 5.41) is 0.685. The van der Waals surface area contributed by atoms with E-state index in [4.69, 9.17) is 35.0 Å². The predicted molar refractivity (Wildman–Crippen MR) is 107 cm³/mol. The van der Waals surface area contributed by atoms with Crippen LogP contribution in [0.15, 0.2) is 57.9 Å². The lowest BCUT2D eigenvalue weighted by atomic mass is 10.2. The molecule has 0 spiro atoms. The maximum Gasteiger partial charge on any atom is 0.344 e. The second-order valence-electron chi connectivity index (χ2n) is 5.83.